The highest BCUT2D eigenvalue weighted by Gasteiger charge is 2.15. The largest absolute Gasteiger partial charge is 0.504 e. The molecule has 14 heavy (non-hydrogen) atoms. The summed E-state index contributed by atoms with van der Waals surface area (Å²) in [5.41, 5.74) is 0.181. The first-order chi connectivity index (χ1) is 6.43. The molecular weight excluding hydrogens is 207 g/mol. The number of carbonyl (C=O) groups excluding carboxylic acids is 1. The minimum Gasteiger partial charge on any atom is -0.504 e. The Labute approximate surface area is 86.3 Å². The molecule has 0 atom stereocenters. The van der Waals surface area contributed by atoms with Gasteiger partial charge in [-0.25, -0.2) is 4.39 Å². The molecule has 0 saturated carbocycles. The molecule has 0 aliphatic heterocycles. The molecule has 4 heteroatoms. The summed E-state index contributed by atoms with van der Waals surface area (Å²) in [6.07, 6.45) is 0. The smallest absolute Gasteiger partial charge is 0.170 e. The van der Waals surface area contributed by atoms with E-state index in [0.717, 1.165) is 6.07 Å². The van der Waals surface area contributed by atoms with Crippen LogP contribution in [0.3, 0.4) is 0 Å². The maximum atomic E-state index is 13.0. The lowest BCUT2D eigenvalue weighted by Crippen LogP contribution is -2.07. The molecule has 1 N–H and O–H groups in total. The van der Waals surface area contributed by atoms with E-state index in [9.17, 15) is 9.18 Å². The third kappa shape index (κ3) is 2.04. The number of ketones is 1. The highest BCUT2D eigenvalue weighted by Crippen LogP contribution is 2.28. The Morgan fingerprint density at radius 3 is 2.50 bits per heavy atom. The monoisotopic (exact) mass is 216 g/mol. The Morgan fingerprint density at radius 2 is 2.07 bits per heavy atom. The standard InChI is InChI=1S/C10H10ClFO2/c1-5(2)9(13)6-3-7(11)10(14)8(12)4-6/h3-5,14H,1-2H3. The summed E-state index contributed by atoms with van der Waals surface area (Å²) < 4.78 is 13.0. The van der Waals surface area contributed by atoms with Crippen LogP contribution in [0.2, 0.25) is 5.02 Å². The second-order valence-corrected chi connectivity index (χ2v) is 3.71. The lowest BCUT2D eigenvalue weighted by atomic mass is 10.0. The average Bonchev–Trinajstić information content (AvgIpc) is 2.12. The molecule has 0 heterocycles. The highest BCUT2D eigenvalue weighted by molar-refractivity contribution is 6.32. The van der Waals surface area contributed by atoms with Crippen molar-refractivity contribution in [2.75, 3.05) is 0 Å². The third-order valence-corrected chi connectivity index (χ3v) is 2.11. The molecule has 1 rings (SSSR count). The molecule has 0 fully saturated rings. The molecule has 0 spiro atoms. The first kappa shape index (κ1) is 11.0. The van der Waals surface area contributed by atoms with Crippen molar-refractivity contribution < 1.29 is 14.3 Å². The fourth-order valence-corrected chi connectivity index (χ4v) is 1.25. The molecule has 76 valence electrons. The molecule has 0 radical (unpaired) electrons. The molecule has 0 unspecified atom stereocenters. The van der Waals surface area contributed by atoms with Crippen molar-refractivity contribution >= 4 is 17.4 Å². The number of carbonyl (C=O) groups is 1. The Kier molecular flexibility index (Phi) is 3.11. The minimum absolute atomic E-state index is 0.144. The summed E-state index contributed by atoms with van der Waals surface area (Å²) in [6.45, 7) is 3.42. The topological polar surface area (TPSA) is 37.3 Å². The summed E-state index contributed by atoms with van der Waals surface area (Å²) in [6, 6.07) is 2.26. The maximum Gasteiger partial charge on any atom is 0.170 e. The average molecular weight is 217 g/mol. The van der Waals surface area contributed by atoms with Crippen LogP contribution in [0.5, 0.6) is 5.75 Å². The third-order valence-electron chi connectivity index (χ3n) is 1.83. The van der Waals surface area contributed by atoms with Gasteiger partial charge in [-0.1, -0.05) is 25.4 Å². The predicted octanol–water partition coefficient (Wildman–Crippen LogP) is 3.02. The zero-order valence-corrected chi connectivity index (χ0v) is 8.60. The second kappa shape index (κ2) is 3.96. The van der Waals surface area contributed by atoms with Crippen LogP contribution in [0.4, 0.5) is 4.39 Å². The van der Waals surface area contributed by atoms with Crippen LogP contribution in [-0.2, 0) is 0 Å². The van der Waals surface area contributed by atoms with E-state index in [1.165, 1.54) is 6.07 Å². The van der Waals surface area contributed by atoms with Crippen molar-refractivity contribution in [3.8, 4) is 5.75 Å². The number of phenolic OH excluding ortho intramolecular Hbond substituents is 1. The van der Waals surface area contributed by atoms with E-state index in [1.54, 1.807) is 13.8 Å². The Morgan fingerprint density at radius 1 is 1.50 bits per heavy atom. The predicted molar refractivity (Wildman–Crippen MR) is 52.2 cm³/mol. The van der Waals surface area contributed by atoms with E-state index in [-0.39, 0.29) is 22.3 Å². The molecule has 0 amide bonds. The molecule has 0 aromatic heterocycles. The van der Waals surface area contributed by atoms with Crippen molar-refractivity contribution in [1.29, 1.82) is 0 Å². The number of benzene rings is 1. The summed E-state index contributed by atoms with van der Waals surface area (Å²) in [4.78, 5) is 11.5. The number of aromatic hydroxyl groups is 1. The maximum absolute atomic E-state index is 13.0. The van der Waals surface area contributed by atoms with Gasteiger partial charge in [0.25, 0.3) is 0 Å². The minimum atomic E-state index is -0.874. The van der Waals surface area contributed by atoms with Gasteiger partial charge in [0.1, 0.15) is 0 Å². The van der Waals surface area contributed by atoms with Gasteiger partial charge >= 0.3 is 0 Å². The normalized spacial score (nSPS) is 10.6. The zero-order valence-electron chi connectivity index (χ0n) is 7.84. The fourth-order valence-electron chi connectivity index (χ4n) is 1.04. The van der Waals surface area contributed by atoms with Gasteiger partial charge in [0.2, 0.25) is 0 Å². The summed E-state index contributed by atoms with van der Waals surface area (Å²) >= 11 is 5.53. The van der Waals surface area contributed by atoms with Gasteiger partial charge in [-0.15, -0.1) is 0 Å². The molecule has 1 aromatic rings. The Hall–Kier alpha value is -1.09. The van der Waals surface area contributed by atoms with Crippen LogP contribution < -0.4 is 0 Å². The lowest BCUT2D eigenvalue weighted by molar-refractivity contribution is 0.0939. The van der Waals surface area contributed by atoms with E-state index in [2.05, 4.69) is 0 Å². The van der Waals surface area contributed by atoms with E-state index < -0.39 is 11.6 Å². The van der Waals surface area contributed by atoms with E-state index in [4.69, 9.17) is 16.7 Å². The van der Waals surface area contributed by atoms with Gasteiger partial charge in [0.15, 0.2) is 17.3 Å². The molecule has 0 aliphatic rings. The summed E-state index contributed by atoms with van der Waals surface area (Å²) in [5, 5.41) is 8.89. The second-order valence-electron chi connectivity index (χ2n) is 3.31. The van der Waals surface area contributed by atoms with E-state index in [1.807, 2.05) is 0 Å². The van der Waals surface area contributed by atoms with Gasteiger partial charge in [-0.3, -0.25) is 4.79 Å². The lowest BCUT2D eigenvalue weighted by Gasteiger charge is -2.06. The quantitative estimate of drug-likeness (QED) is 0.772. The van der Waals surface area contributed by atoms with Gasteiger partial charge in [-0.2, -0.15) is 0 Å². The summed E-state index contributed by atoms with van der Waals surface area (Å²) in [5.74, 6) is -1.92. The SMILES string of the molecule is CC(C)C(=O)c1cc(F)c(O)c(Cl)c1. The van der Waals surface area contributed by atoms with Gasteiger partial charge in [0.05, 0.1) is 5.02 Å². The number of phenols is 1. The first-order valence-electron chi connectivity index (χ1n) is 4.15. The molecule has 0 saturated heterocycles. The van der Waals surface area contributed by atoms with Crippen LogP contribution in [-0.4, -0.2) is 10.9 Å². The highest BCUT2D eigenvalue weighted by atomic mass is 35.5. The van der Waals surface area contributed by atoms with Crippen molar-refractivity contribution in [2.24, 2.45) is 5.92 Å². The fraction of sp³-hybridized carbons (Fsp3) is 0.300. The van der Waals surface area contributed by atoms with Crippen molar-refractivity contribution in [3.63, 3.8) is 0 Å². The van der Waals surface area contributed by atoms with Crippen molar-refractivity contribution in [3.05, 3.63) is 28.5 Å². The van der Waals surface area contributed by atoms with E-state index >= 15 is 0 Å². The van der Waals surface area contributed by atoms with Crippen LogP contribution in [0.25, 0.3) is 0 Å². The van der Waals surface area contributed by atoms with Gasteiger partial charge < -0.3 is 5.11 Å². The van der Waals surface area contributed by atoms with Crippen LogP contribution in [0.1, 0.15) is 24.2 Å². The number of hydrogen-bond acceptors (Lipinski definition) is 2. The Balaban J connectivity index is 3.19. The van der Waals surface area contributed by atoms with Crippen LogP contribution in [0, 0.1) is 11.7 Å². The number of halogens is 2. The van der Waals surface area contributed by atoms with Crippen LogP contribution >= 0.6 is 11.6 Å². The molecule has 0 bridgehead atoms. The summed E-state index contributed by atoms with van der Waals surface area (Å²) in [7, 11) is 0. The molecular formula is C10H10ClFO2. The van der Waals surface area contributed by atoms with Gasteiger partial charge in [0, 0.05) is 11.5 Å². The number of Topliss-reactive ketones (excluding diaryl/α,β-unsaturated/α-hetero) is 1. The van der Waals surface area contributed by atoms with Crippen LogP contribution in [0.15, 0.2) is 12.1 Å². The first-order valence-corrected chi connectivity index (χ1v) is 4.53. The Bertz CT molecular complexity index is 351. The molecule has 1 aromatic carbocycles. The number of hydrogen-bond donors (Lipinski definition) is 1. The molecule has 0 aliphatic carbocycles. The van der Waals surface area contributed by atoms with E-state index in [0.29, 0.717) is 0 Å². The van der Waals surface area contributed by atoms with Crippen molar-refractivity contribution in [1.82, 2.24) is 0 Å². The number of rotatable bonds is 2. The van der Waals surface area contributed by atoms with Crippen molar-refractivity contribution in [2.45, 2.75) is 13.8 Å². The molecule has 2 nitrogen and oxygen atoms in total. The zero-order chi connectivity index (χ0) is 10.9. The van der Waals surface area contributed by atoms with Gasteiger partial charge in [-0.05, 0) is 12.1 Å².